The molecule has 4 heteroatoms. The fourth-order valence-corrected chi connectivity index (χ4v) is 2.68. The van der Waals surface area contributed by atoms with Crippen molar-refractivity contribution < 1.29 is 9.90 Å². The van der Waals surface area contributed by atoms with Gasteiger partial charge in [0.15, 0.2) is 0 Å². The molecular formula is C17H24ClNO2. The van der Waals surface area contributed by atoms with Crippen LogP contribution in [0.2, 0.25) is 5.02 Å². The number of carbonyl (C=O) groups excluding carboxylic acids is 1. The number of carbonyl (C=O) groups is 1. The summed E-state index contributed by atoms with van der Waals surface area (Å²) in [6.07, 6.45) is 3.60. The molecule has 2 rings (SSSR count). The molecular weight excluding hydrogens is 286 g/mol. The van der Waals surface area contributed by atoms with Gasteiger partial charge in [0.05, 0.1) is 5.41 Å². The summed E-state index contributed by atoms with van der Waals surface area (Å²) in [4.78, 5) is 12.4. The van der Waals surface area contributed by atoms with Crippen LogP contribution in [0.4, 0.5) is 0 Å². The first-order chi connectivity index (χ1) is 9.89. The van der Waals surface area contributed by atoms with E-state index in [1.807, 2.05) is 38.1 Å². The molecule has 1 saturated carbocycles. The van der Waals surface area contributed by atoms with Gasteiger partial charge in [-0.2, -0.15) is 0 Å². The standard InChI is InChI=1S/C17H24ClNO2/c1-16(2,12-20)8-3-11-19-15(21)17(9-10-17)13-4-6-14(18)7-5-13/h4-7,20H,3,8-12H2,1-2H3,(H,19,21). The summed E-state index contributed by atoms with van der Waals surface area (Å²) in [7, 11) is 0. The van der Waals surface area contributed by atoms with E-state index < -0.39 is 0 Å². The van der Waals surface area contributed by atoms with Crippen molar-refractivity contribution >= 4 is 17.5 Å². The zero-order valence-corrected chi connectivity index (χ0v) is 13.5. The second-order valence-corrected chi connectivity index (χ2v) is 7.21. The number of benzene rings is 1. The van der Waals surface area contributed by atoms with Crippen LogP contribution in [-0.2, 0) is 10.2 Å². The zero-order chi connectivity index (χ0) is 15.5. The number of rotatable bonds is 7. The number of amides is 1. The molecule has 1 aromatic carbocycles. The van der Waals surface area contributed by atoms with Crippen molar-refractivity contribution in [1.29, 1.82) is 0 Å². The van der Waals surface area contributed by atoms with Crippen molar-refractivity contribution in [3.8, 4) is 0 Å². The lowest BCUT2D eigenvalue weighted by molar-refractivity contribution is -0.123. The van der Waals surface area contributed by atoms with Gasteiger partial charge in [0.1, 0.15) is 0 Å². The van der Waals surface area contributed by atoms with Crippen molar-refractivity contribution in [3.63, 3.8) is 0 Å². The van der Waals surface area contributed by atoms with Crippen LogP contribution in [0.5, 0.6) is 0 Å². The Kier molecular flexibility index (Phi) is 4.95. The van der Waals surface area contributed by atoms with Gasteiger partial charge in [-0.05, 0) is 48.8 Å². The van der Waals surface area contributed by atoms with Crippen LogP contribution in [-0.4, -0.2) is 24.2 Å². The molecule has 1 amide bonds. The van der Waals surface area contributed by atoms with Crippen LogP contribution in [0.25, 0.3) is 0 Å². The van der Waals surface area contributed by atoms with Crippen LogP contribution in [0.3, 0.4) is 0 Å². The second-order valence-electron chi connectivity index (χ2n) is 6.77. The number of hydrogen-bond acceptors (Lipinski definition) is 2. The highest BCUT2D eigenvalue weighted by Crippen LogP contribution is 2.48. The summed E-state index contributed by atoms with van der Waals surface area (Å²) in [6, 6.07) is 7.58. The van der Waals surface area contributed by atoms with E-state index in [2.05, 4.69) is 5.32 Å². The van der Waals surface area contributed by atoms with E-state index in [-0.39, 0.29) is 23.3 Å². The topological polar surface area (TPSA) is 49.3 Å². The van der Waals surface area contributed by atoms with Gasteiger partial charge in [0.25, 0.3) is 0 Å². The number of aliphatic hydroxyl groups excluding tert-OH is 1. The first-order valence-corrected chi connectivity index (χ1v) is 7.93. The van der Waals surface area contributed by atoms with E-state index >= 15 is 0 Å². The third-order valence-electron chi connectivity index (χ3n) is 4.33. The highest BCUT2D eigenvalue weighted by atomic mass is 35.5. The molecule has 0 saturated heterocycles. The molecule has 2 N–H and O–H groups in total. The average molecular weight is 310 g/mol. The zero-order valence-electron chi connectivity index (χ0n) is 12.8. The van der Waals surface area contributed by atoms with E-state index in [4.69, 9.17) is 11.6 Å². The molecule has 1 aliphatic carbocycles. The molecule has 1 aromatic rings. The van der Waals surface area contributed by atoms with Crippen molar-refractivity contribution in [2.45, 2.75) is 44.9 Å². The number of nitrogens with one attached hydrogen (secondary N) is 1. The molecule has 0 aromatic heterocycles. The minimum Gasteiger partial charge on any atom is -0.396 e. The average Bonchev–Trinajstić information content (AvgIpc) is 3.26. The Balaban J connectivity index is 1.85. The van der Waals surface area contributed by atoms with E-state index in [9.17, 15) is 9.90 Å². The van der Waals surface area contributed by atoms with Gasteiger partial charge in [0.2, 0.25) is 5.91 Å². The van der Waals surface area contributed by atoms with Gasteiger partial charge in [-0.25, -0.2) is 0 Å². The molecule has 3 nitrogen and oxygen atoms in total. The number of hydrogen-bond donors (Lipinski definition) is 2. The SMILES string of the molecule is CC(C)(CO)CCCNC(=O)C1(c2ccc(Cl)cc2)CC1. The predicted octanol–water partition coefficient (Wildman–Crippen LogP) is 3.29. The van der Waals surface area contributed by atoms with Crippen molar-refractivity contribution in [3.05, 3.63) is 34.9 Å². The van der Waals surface area contributed by atoms with Crippen LogP contribution in [0.15, 0.2) is 24.3 Å². The monoisotopic (exact) mass is 309 g/mol. The van der Waals surface area contributed by atoms with Gasteiger partial charge < -0.3 is 10.4 Å². The molecule has 0 unspecified atom stereocenters. The molecule has 0 radical (unpaired) electrons. The smallest absolute Gasteiger partial charge is 0.230 e. The highest BCUT2D eigenvalue weighted by Gasteiger charge is 2.50. The maximum Gasteiger partial charge on any atom is 0.230 e. The van der Waals surface area contributed by atoms with E-state index in [1.54, 1.807) is 0 Å². The fraction of sp³-hybridized carbons (Fsp3) is 0.588. The molecule has 0 bridgehead atoms. The summed E-state index contributed by atoms with van der Waals surface area (Å²) in [5.41, 5.74) is 0.648. The molecule has 1 fully saturated rings. The first kappa shape index (κ1) is 16.3. The lowest BCUT2D eigenvalue weighted by Crippen LogP contribution is -2.35. The largest absolute Gasteiger partial charge is 0.396 e. The summed E-state index contributed by atoms with van der Waals surface area (Å²) in [6.45, 7) is 4.91. The molecule has 21 heavy (non-hydrogen) atoms. The summed E-state index contributed by atoms with van der Waals surface area (Å²) < 4.78 is 0. The molecule has 116 valence electrons. The van der Waals surface area contributed by atoms with E-state index in [1.165, 1.54) is 0 Å². The summed E-state index contributed by atoms with van der Waals surface area (Å²) in [5.74, 6) is 0.117. The maximum atomic E-state index is 12.4. The Morgan fingerprint density at radius 3 is 2.48 bits per heavy atom. The Morgan fingerprint density at radius 1 is 1.33 bits per heavy atom. The first-order valence-electron chi connectivity index (χ1n) is 7.55. The van der Waals surface area contributed by atoms with Gasteiger partial charge in [0, 0.05) is 18.2 Å². The molecule has 0 spiro atoms. The predicted molar refractivity (Wildman–Crippen MR) is 85.5 cm³/mol. The Labute approximate surface area is 131 Å². The second kappa shape index (κ2) is 6.37. The third kappa shape index (κ3) is 3.98. The van der Waals surface area contributed by atoms with Gasteiger partial charge in [-0.15, -0.1) is 0 Å². The van der Waals surface area contributed by atoms with E-state index in [0.29, 0.717) is 11.6 Å². The van der Waals surface area contributed by atoms with Crippen LogP contribution < -0.4 is 5.32 Å². The Hall–Kier alpha value is -1.06. The quantitative estimate of drug-likeness (QED) is 0.759. The number of aliphatic hydroxyl groups is 1. The van der Waals surface area contributed by atoms with Crippen molar-refractivity contribution in [1.82, 2.24) is 5.32 Å². The minimum absolute atomic E-state index is 0.0713. The molecule has 1 aliphatic rings. The highest BCUT2D eigenvalue weighted by molar-refractivity contribution is 6.30. The van der Waals surface area contributed by atoms with Gasteiger partial charge >= 0.3 is 0 Å². The molecule has 0 heterocycles. The Bertz CT molecular complexity index is 492. The van der Waals surface area contributed by atoms with Gasteiger partial charge in [-0.1, -0.05) is 37.6 Å². The lowest BCUT2D eigenvalue weighted by Gasteiger charge is -2.22. The fourth-order valence-electron chi connectivity index (χ4n) is 2.56. The Morgan fingerprint density at radius 2 is 1.95 bits per heavy atom. The third-order valence-corrected chi connectivity index (χ3v) is 4.58. The van der Waals surface area contributed by atoms with Gasteiger partial charge in [-0.3, -0.25) is 4.79 Å². The maximum absolute atomic E-state index is 12.4. The number of halogens is 1. The van der Waals surface area contributed by atoms with Crippen molar-refractivity contribution in [2.24, 2.45) is 5.41 Å². The van der Waals surface area contributed by atoms with Crippen LogP contribution in [0, 0.1) is 5.41 Å². The minimum atomic E-state index is -0.336. The summed E-state index contributed by atoms with van der Waals surface area (Å²) >= 11 is 5.90. The normalized spacial score (nSPS) is 16.6. The molecule has 0 atom stereocenters. The van der Waals surface area contributed by atoms with E-state index in [0.717, 1.165) is 31.2 Å². The van der Waals surface area contributed by atoms with Crippen LogP contribution >= 0.6 is 11.6 Å². The lowest BCUT2D eigenvalue weighted by atomic mass is 9.89. The molecule has 0 aliphatic heterocycles. The summed E-state index contributed by atoms with van der Waals surface area (Å²) in [5, 5.41) is 13.0. The van der Waals surface area contributed by atoms with Crippen molar-refractivity contribution in [2.75, 3.05) is 13.2 Å². The van der Waals surface area contributed by atoms with Crippen LogP contribution in [0.1, 0.15) is 45.1 Å².